The van der Waals surface area contributed by atoms with Crippen LogP contribution in [0.25, 0.3) is 0 Å². The molecular weight excluding hydrogens is 262 g/mol. The number of hydrogen-bond donors (Lipinski definition) is 0. The molecule has 0 spiro atoms. The highest BCUT2D eigenvalue weighted by molar-refractivity contribution is 6.33. The van der Waals surface area contributed by atoms with E-state index in [2.05, 4.69) is 0 Å². The van der Waals surface area contributed by atoms with E-state index in [1.54, 1.807) is 12.1 Å². The molecule has 0 saturated heterocycles. The third-order valence-corrected chi connectivity index (χ3v) is 2.37. The van der Waals surface area contributed by atoms with Gasteiger partial charge in [0.1, 0.15) is 0 Å². The molecule has 0 aromatic heterocycles. The summed E-state index contributed by atoms with van der Waals surface area (Å²) in [7, 11) is 0. The average Bonchev–Trinajstić information content (AvgIpc) is 2.15. The van der Waals surface area contributed by atoms with Crippen molar-refractivity contribution in [3.8, 4) is 0 Å². The van der Waals surface area contributed by atoms with E-state index < -0.39 is 4.92 Å². The summed E-state index contributed by atoms with van der Waals surface area (Å²) in [5, 5.41) is 11.0. The Labute approximate surface area is 102 Å². The van der Waals surface area contributed by atoms with Crippen LogP contribution in [0.1, 0.15) is 5.56 Å². The summed E-state index contributed by atoms with van der Waals surface area (Å²) in [6.45, 7) is 0.311. The van der Waals surface area contributed by atoms with Gasteiger partial charge in [0, 0.05) is 23.2 Å². The molecule has 1 aromatic rings. The molecule has 1 aromatic carbocycles. The molecule has 0 unspecified atom stereocenters. The van der Waals surface area contributed by atoms with Crippen LogP contribution in [0.5, 0.6) is 0 Å². The Balaban J connectivity index is 2.91. The molecule has 0 aliphatic carbocycles. The predicted octanol–water partition coefficient (Wildman–Crippen LogP) is 3.40. The first-order valence-corrected chi connectivity index (χ1v) is 5.08. The van der Waals surface area contributed by atoms with Crippen molar-refractivity contribution >= 4 is 40.8 Å². The van der Waals surface area contributed by atoms with Gasteiger partial charge in [0.25, 0.3) is 5.69 Å². The number of nitro benzene ring substituents is 1. The van der Waals surface area contributed by atoms with Gasteiger partial charge in [-0.1, -0.05) is 17.7 Å². The maximum absolute atomic E-state index is 10.7. The second-order valence-corrected chi connectivity index (χ2v) is 4.23. The molecule has 0 N–H and O–H groups in total. The molecule has 4 nitrogen and oxygen atoms in total. The van der Waals surface area contributed by atoms with E-state index in [1.807, 2.05) is 0 Å². The van der Waals surface area contributed by atoms with Crippen LogP contribution in [-0.2, 0) is 6.42 Å². The minimum atomic E-state index is -0.478. The third kappa shape index (κ3) is 3.83. The molecule has 1 rings (SSSR count). The van der Waals surface area contributed by atoms with Gasteiger partial charge in [-0.3, -0.25) is 10.1 Å². The van der Waals surface area contributed by atoms with Gasteiger partial charge >= 0.3 is 0 Å². The first kappa shape index (κ1) is 12.5. The van der Waals surface area contributed by atoms with Crippen molar-refractivity contribution in [3.63, 3.8) is 0 Å². The van der Waals surface area contributed by atoms with Crippen LogP contribution in [0.15, 0.2) is 18.2 Å². The first-order valence-electron chi connectivity index (χ1n) is 4.02. The lowest BCUT2D eigenvalue weighted by Crippen LogP contribution is -2.05. The lowest BCUT2D eigenvalue weighted by molar-refractivity contribution is -0.385. The smallest absolute Gasteiger partial charge is 0.258 e. The molecule has 0 aliphatic heterocycles. The van der Waals surface area contributed by atoms with Crippen molar-refractivity contribution < 1.29 is 4.92 Å². The van der Waals surface area contributed by atoms with Crippen molar-refractivity contribution in [2.75, 3.05) is 6.54 Å². The summed E-state index contributed by atoms with van der Waals surface area (Å²) >= 11 is 16.4. The summed E-state index contributed by atoms with van der Waals surface area (Å²) in [5.74, 6) is 0. The molecule has 0 bridgehead atoms. The number of hydrogen-bond acceptors (Lipinski definition) is 3. The Morgan fingerprint density at radius 2 is 2.07 bits per heavy atom. The predicted molar refractivity (Wildman–Crippen MR) is 60.2 cm³/mol. The van der Waals surface area contributed by atoms with Gasteiger partial charge in [-0.2, -0.15) is 0 Å². The van der Waals surface area contributed by atoms with E-state index in [4.69, 9.17) is 35.2 Å². The molecule has 82 valence electrons. The topological polar surface area (TPSA) is 46.4 Å². The minimum absolute atomic E-state index is 0.0160. The van der Waals surface area contributed by atoms with Gasteiger partial charge in [0.15, 0.2) is 0 Å². The Morgan fingerprint density at radius 1 is 1.40 bits per heavy atom. The second kappa shape index (κ2) is 5.51. The van der Waals surface area contributed by atoms with Crippen molar-refractivity contribution in [1.29, 1.82) is 0 Å². The van der Waals surface area contributed by atoms with E-state index in [0.29, 0.717) is 23.6 Å². The van der Waals surface area contributed by atoms with Gasteiger partial charge < -0.3 is 0 Å². The molecule has 7 heteroatoms. The van der Waals surface area contributed by atoms with E-state index in [9.17, 15) is 10.1 Å². The van der Waals surface area contributed by atoms with E-state index in [1.165, 1.54) is 6.07 Å². The summed E-state index contributed by atoms with van der Waals surface area (Å²) in [6.07, 6.45) is 0.389. The van der Waals surface area contributed by atoms with Crippen LogP contribution in [0, 0.1) is 10.1 Å². The summed E-state index contributed by atoms with van der Waals surface area (Å²) in [6, 6.07) is 4.50. The van der Waals surface area contributed by atoms with Crippen molar-refractivity contribution in [3.05, 3.63) is 38.9 Å². The molecule has 0 radical (unpaired) electrons. The zero-order valence-electron chi connectivity index (χ0n) is 7.49. The number of rotatable bonds is 4. The minimum Gasteiger partial charge on any atom is -0.258 e. The van der Waals surface area contributed by atoms with E-state index in [-0.39, 0.29) is 5.69 Å². The maximum atomic E-state index is 10.7. The largest absolute Gasteiger partial charge is 0.274 e. The highest BCUT2D eigenvalue weighted by Crippen LogP contribution is 2.24. The Kier molecular flexibility index (Phi) is 4.60. The Morgan fingerprint density at radius 3 is 2.60 bits per heavy atom. The van der Waals surface area contributed by atoms with Crippen LogP contribution in [0.4, 0.5) is 5.69 Å². The van der Waals surface area contributed by atoms with Crippen LogP contribution in [-0.4, -0.2) is 15.4 Å². The summed E-state index contributed by atoms with van der Waals surface area (Å²) < 4.78 is 0.929. The van der Waals surface area contributed by atoms with Gasteiger partial charge in [0.05, 0.1) is 4.92 Å². The standard InChI is InChI=1S/C8H7Cl3N2O2/c9-7-2-1-6(3-4-12(10)11)8(5-7)13(14)15/h1-2,5H,3-4H2. The van der Waals surface area contributed by atoms with Gasteiger partial charge in [-0.15, -0.1) is 3.94 Å². The molecule has 0 atom stereocenters. The molecule has 0 heterocycles. The van der Waals surface area contributed by atoms with Crippen molar-refractivity contribution in [2.45, 2.75) is 6.42 Å². The van der Waals surface area contributed by atoms with Gasteiger partial charge in [0.2, 0.25) is 0 Å². The highest BCUT2D eigenvalue weighted by Gasteiger charge is 2.14. The fourth-order valence-electron chi connectivity index (χ4n) is 1.12. The quantitative estimate of drug-likeness (QED) is 0.478. The number of nitro groups is 1. The second-order valence-electron chi connectivity index (χ2n) is 2.81. The first-order chi connectivity index (χ1) is 7.00. The fraction of sp³-hybridized carbons (Fsp3) is 0.250. The van der Waals surface area contributed by atoms with Crippen LogP contribution < -0.4 is 0 Å². The third-order valence-electron chi connectivity index (χ3n) is 1.79. The Hall–Kier alpha value is -0.550. The summed E-state index contributed by atoms with van der Waals surface area (Å²) in [4.78, 5) is 10.2. The lowest BCUT2D eigenvalue weighted by atomic mass is 10.1. The van der Waals surface area contributed by atoms with Crippen LogP contribution >= 0.6 is 35.2 Å². The van der Waals surface area contributed by atoms with Crippen LogP contribution in [0.3, 0.4) is 0 Å². The van der Waals surface area contributed by atoms with Crippen molar-refractivity contribution in [2.24, 2.45) is 0 Å². The normalized spacial score (nSPS) is 10.7. The molecule has 0 saturated carbocycles. The highest BCUT2D eigenvalue weighted by atomic mass is 35.5. The molecule has 0 aliphatic rings. The molecular formula is C8H7Cl3N2O2. The molecule has 0 amide bonds. The zero-order chi connectivity index (χ0) is 11.4. The number of halogens is 3. The lowest BCUT2D eigenvalue weighted by Gasteiger charge is -2.05. The monoisotopic (exact) mass is 268 g/mol. The maximum Gasteiger partial charge on any atom is 0.274 e. The SMILES string of the molecule is O=[N+]([O-])c1cc(Cl)ccc1CCN(Cl)Cl. The van der Waals surface area contributed by atoms with Crippen LogP contribution in [0.2, 0.25) is 5.02 Å². The van der Waals surface area contributed by atoms with E-state index in [0.717, 1.165) is 3.94 Å². The average molecular weight is 270 g/mol. The number of benzene rings is 1. The number of nitrogens with zero attached hydrogens (tertiary/aromatic N) is 2. The molecule has 15 heavy (non-hydrogen) atoms. The van der Waals surface area contributed by atoms with Gasteiger partial charge in [-0.25, -0.2) is 0 Å². The molecule has 0 fully saturated rings. The zero-order valence-corrected chi connectivity index (χ0v) is 9.76. The van der Waals surface area contributed by atoms with Crippen molar-refractivity contribution in [1.82, 2.24) is 3.94 Å². The van der Waals surface area contributed by atoms with Gasteiger partial charge in [-0.05, 0) is 36.0 Å². The summed E-state index contributed by atoms with van der Waals surface area (Å²) in [5.41, 5.74) is 0.536. The fourth-order valence-corrected chi connectivity index (χ4v) is 1.46. The Bertz CT molecular complexity index is 371. The van der Waals surface area contributed by atoms with E-state index >= 15 is 0 Å².